The molecule has 1 aliphatic rings. The van der Waals surface area contributed by atoms with Gasteiger partial charge in [-0.15, -0.1) is 0 Å². The number of H-pyrrole nitrogens is 1. The fourth-order valence-corrected chi connectivity index (χ4v) is 3.07. The summed E-state index contributed by atoms with van der Waals surface area (Å²) in [5, 5.41) is 10.2. The van der Waals surface area contributed by atoms with E-state index in [9.17, 15) is 14.7 Å². The molecule has 0 saturated carbocycles. The van der Waals surface area contributed by atoms with Crippen LogP contribution in [0.5, 0.6) is 17.2 Å². The highest BCUT2D eigenvalue weighted by molar-refractivity contribution is 5.97. The van der Waals surface area contributed by atoms with E-state index in [1.54, 1.807) is 18.2 Å². The van der Waals surface area contributed by atoms with Gasteiger partial charge >= 0.3 is 0 Å². The molecule has 1 amide bonds. The summed E-state index contributed by atoms with van der Waals surface area (Å²) >= 11 is 0. The third kappa shape index (κ3) is 3.39. The number of phenols is 1. The van der Waals surface area contributed by atoms with Crippen molar-refractivity contribution in [3.63, 3.8) is 0 Å². The first kappa shape index (κ1) is 16.8. The number of rotatable bonds is 3. The number of nitrogens with one attached hydrogen (secondary N) is 1. The number of carbonyl (C=O) groups excluding carboxylic acids is 1. The molecule has 1 aromatic heterocycles. The van der Waals surface area contributed by atoms with Crippen molar-refractivity contribution < 1.29 is 14.6 Å². The minimum atomic E-state index is -0.361. The Bertz CT molecular complexity index is 1050. The molecule has 0 bridgehead atoms. The van der Waals surface area contributed by atoms with Crippen molar-refractivity contribution in [3.8, 4) is 17.2 Å². The molecule has 2 heterocycles. The van der Waals surface area contributed by atoms with E-state index in [4.69, 9.17) is 4.74 Å². The number of phenolic OH excluding ortho intramolecular Hbond substituents is 1. The van der Waals surface area contributed by atoms with Crippen molar-refractivity contribution in [1.29, 1.82) is 0 Å². The lowest BCUT2D eigenvalue weighted by Crippen LogP contribution is -2.39. The number of benzene rings is 2. The summed E-state index contributed by atoms with van der Waals surface area (Å²) in [6.45, 7) is 0.575. The molecule has 7 heteroatoms. The van der Waals surface area contributed by atoms with E-state index in [-0.39, 0.29) is 29.3 Å². The summed E-state index contributed by atoms with van der Waals surface area (Å²) in [5.41, 5.74) is 1.07. The Hall–Kier alpha value is -3.61. The van der Waals surface area contributed by atoms with Crippen LogP contribution in [0.3, 0.4) is 0 Å². The molecule has 4 rings (SSSR count). The standard InChI is InChI=1S/C20H17N3O4/c24-18-7-6-14(27-13-4-2-1-3-5-13)10-15(18)20(26)23-9-8-17-16(11-23)19(25)22-12-21-17/h1-7,10,12,24H,8-9,11H2,(H,21,22,25). The van der Waals surface area contributed by atoms with E-state index in [1.807, 2.05) is 18.2 Å². The quantitative estimate of drug-likeness (QED) is 0.745. The highest BCUT2D eigenvalue weighted by atomic mass is 16.5. The van der Waals surface area contributed by atoms with Crippen LogP contribution < -0.4 is 10.3 Å². The fraction of sp³-hybridized carbons (Fsp3) is 0.150. The summed E-state index contributed by atoms with van der Waals surface area (Å²) < 4.78 is 5.74. The SMILES string of the molecule is O=C(c1cc(Oc2ccccc2)ccc1O)N1CCc2nc[nH]c(=O)c2C1. The molecule has 0 fully saturated rings. The Kier molecular flexibility index (Phi) is 4.33. The minimum Gasteiger partial charge on any atom is -0.507 e. The Labute approximate surface area is 154 Å². The molecule has 0 aliphatic carbocycles. The third-order valence-corrected chi connectivity index (χ3v) is 4.47. The zero-order valence-electron chi connectivity index (χ0n) is 14.4. The first-order chi connectivity index (χ1) is 13.1. The normalized spacial score (nSPS) is 13.1. The topological polar surface area (TPSA) is 95.5 Å². The van der Waals surface area contributed by atoms with Crippen LogP contribution in [-0.2, 0) is 13.0 Å². The van der Waals surface area contributed by atoms with Crippen LogP contribution in [0.25, 0.3) is 0 Å². The number of hydrogen-bond donors (Lipinski definition) is 2. The molecule has 3 aromatic rings. The first-order valence-electron chi connectivity index (χ1n) is 8.52. The van der Waals surface area contributed by atoms with Gasteiger partial charge in [0.2, 0.25) is 0 Å². The second-order valence-corrected chi connectivity index (χ2v) is 6.23. The number of hydrogen-bond acceptors (Lipinski definition) is 5. The predicted molar refractivity (Wildman–Crippen MR) is 97.9 cm³/mol. The highest BCUT2D eigenvalue weighted by Gasteiger charge is 2.26. The molecule has 2 aromatic carbocycles. The summed E-state index contributed by atoms with van der Waals surface area (Å²) in [4.78, 5) is 33.1. The molecule has 0 saturated heterocycles. The summed E-state index contributed by atoms with van der Waals surface area (Å²) in [7, 11) is 0. The molecular formula is C20H17N3O4. The van der Waals surface area contributed by atoms with Crippen LogP contribution >= 0.6 is 0 Å². The number of carbonyl (C=O) groups is 1. The van der Waals surface area contributed by atoms with Crippen LogP contribution in [0.15, 0.2) is 59.7 Å². The van der Waals surface area contributed by atoms with Gasteiger partial charge in [-0.05, 0) is 30.3 Å². The molecule has 27 heavy (non-hydrogen) atoms. The third-order valence-electron chi connectivity index (χ3n) is 4.47. The molecule has 0 unspecified atom stereocenters. The van der Waals surface area contributed by atoms with E-state index >= 15 is 0 Å². The summed E-state index contributed by atoms with van der Waals surface area (Å²) in [6, 6.07) is 13.7. The maximum Gasteiger partial charge on any atom is 0.258 e. The molecule has 0 radical (unpaired) electrons. The maximum atomic E-state index is 12.9. The average molecular weight is 363 g/mol. The smallest absolute Gasteiger partial charge is 0.258 e. The Balaban J connectivity index is 1.59. The highest BCUT2D eigenvalue weighted by Crippen LogP contribution is 2.29. The number of aromatic amines is 1. The Morgan fingerprint density at radius 1 is 1.15 bits per heavy atom. The minimum absolute atomic E-state index is 0.132. The van der Waals surface area contributed by atoms with Crippen LogP contribution in [0, 0.1) is 0 Å². The number of fused-ring (bicyclic) bond motifs is 1. The molecule has 0 atom stereocenters. The molecular weight excluding hydrogens is 346 g/mol. The van der Waals surface area contributed by atoms with Crippen molar-refractivity contribution >= 4 is 5.91 Å². The Morgan fingerprint density at radius 2 is 1.96 bits per heavy atom. The van der Waals surface area contributed by atoms with Crippen molar-refractivity contribution in [3.05, 3.63) is 82.0 Å². The van der Waals surface area contributed by atoms with E-state index in [0.29, 0.717) is 35.7 Å². The summed E-state index contributed by atoms with van der Waals surface area (Å²) in [5.74, 6) is 0.580. The zero-order valence-corrected chi connectivity index (χ0v) is 14.4. The van der Waals surface area contributed by atoms with Gasteiger partial charge in [-0.1, -0.05) is 18.2 Å². The lowest BCUT2D eigenvalue weighted by atomic mass is 10.1. The van der Waals surface area contributed by atoms with Crippen molar-refractivity contribution in [1.82, 2.24) is 14.9 Å². The monoisotopic (exact) mass is 363 g/mol. The maximum absolute atomic E-state index is 12.9. The second kappa shape index (κ2) is 6.95. The van der Waals surface area contributed by atoms with Gasteiger partial charge in [0, 0.05) is 13.0 Å². The van der Waals surface area contributed by atoms with Gasteiger partial charge in [0.25, 0.3) is 11.5 Å². The number of amides is 1. The molecule has 2 N–H and O–H groups in total. The van der Waals surface area contributed by atoms with Gasteiger partial charge in [0.15, 0.2) is 0 Å². The van der Waals surface area contributed by atoms with E-state index in [1.165, 1.54) is 23.4 Å². The number of aromatic nitrogens is 2. The summed E-state index contributed by atoms with van der Waals surface area (Å²) in [6.07, 6.45) is 1.86. The van der Waals surface area contributed by atoms with Crippen LogP contribution in [0.1, 0.15) is 21.6 Å². The van der Waals surface area contributed by atoms with Crippen molar-refractivity contribution in [2.45, 2.75) is 13.0 Å². The number of para-hydroxylation sites is 1. The van der Waals surface area contributed by atoms with E-state index in [2.05, 4.69) is 9.97 Å². The number of aromatic hydroxyl groups is 1. The molecule has 136 valence electrons. The largest absolute Gasteiger partial charge is 0.507 e. The van der Waals surface area contributed by atoms with Gasteiger partial charge in [0.1, 0.15) is 17.2 Å². The average Bonchev–Trinajstić information content (AvgIpc) is 2.70. The Morgan fingerprint density at radius 3 is 2.78 bits per heavy atom. The fourth-order valence-electron chi connectivity index (χ4n) is 3.07. The van der Waals surface area contributed by atoms with Crippen molar-refractivity contribution in [2.24, 2.45) is 0 Å². The lowest BCUT2D eigenvalue weighted by Gasteiger charge is -2.27. The number of ether oxygens (including phenoxy) is 1. The van der Waals surface area contributed by atoms with E-state index < -0.39 is 0 Å². The number of nitrogens with zero attached hydrogens (tertiary/aromatic N) is 2. The second-order valence-electron chi connectivity index (χ2n) is 6.23. The molecule has 7 nitrogen and oxygen atoms in total. The van der Waals surface area contributed by atoms with Crippen LogP contribution in [-0.4, -0.2) is 32.4 Å². The van der Waals surface area contributed by atoms with Gasteiger partial charge < -0.3 is 19.7 Å². The lowest BCUT2D eigenvalue weighted by molar-refractivity contribution is 0.0729. The van der Waals surface area contributed by atoms with E-state index in [0.717, 1.165) is 0 Å². The van der Waals surface area contributed by atoms with Gasteiger partial charge in [-0.3, -0.25) is 9.59 Å². The van der Waals surface area contributed by atoms with Gasteiger partial charge in [-0.2, -0.15) is 0 Å². The molecule has 0 spiro atoms. The zero-order chi connectivity index (χ0) is 18.8. The first-order valence-corrected chi connectivity index (χ1v) is 8.52. The van der Waals surface area contributed by atoms with Crippen LogP contribution in [0.4, 0.5) is 0 Å². The predicted octanol–water partition coefficient (Wildman–Crippen LogP) is 2.47. The van der Waals surface area contributed by atoms with Gasteiger partial charge in [0.05, 0.1) is 29.7 Å². The van der Waals surface area contributed by atoms with Crippen molar-refractivity contribution in [2.75, 3.05) is 6.54 Å². The van der Waals surface area contributed by atoms with Gasteiger partial charge in [-0.25, -0.2) is 4.98 Å². The van der Waals surface area contributed by atoms with Crippen LogP contribution in [0.2, 0.25) is 0 Å². The molecule has 1 aliphatic heterocycles.